The molecule has 3 rings (SSSR count). The van der Waals surface area contributed by atoms with Gasteiger partial charge < -0.3 is 74.1 Å². The SMILES string of the molecule is CC[C@H](C)[C@H](NC(=O)[C@@H](NC(=O)[C@@H](NC(=O)[C@@H](NC(=O)c1ccnc(Cl)c1Cl)C(C)(C)C)C1CCCCC1)C(C)(C)S(=O)(=O)O)C(=O)N[C@H](C(=O)N[C@@H](CCC(N)=O)C(=O)N[C@@H](Cc1c[nH]cn1)C(=O)N[C@H](CC(C)C)C(=O)N[C@@H](CO)C(=O)NC)[C@@H](C)O. The van der Waals surface area contributed by atoms with Crippen LogP contribution in [-0.4, -0.2) is 182 Å². The summed E-state index contributed by atoms with van der Waals surface area (Å²) in [5.41, 5.74) is 4.56. The molecule has 0 radical (unpaired) electrons. The molecule has 0 unspecified atom stereocenters. The zero-order chi connectivity index (χ0) is 67.5. The van der Waals surface area contributed by atoms with Crippen molar-refractivity contribution in [3.05, 3.63) is 46.2 Å². The Labute approximate surface area is 527 Å². The summed E-state index contributed by atoms with van der Waals surface area (Å²) in [6.45, 7) is 13.7. The zero-order valence-electron chi connectivity index (χ0n) is 51.9. The van der Waals surface area contributed by atoms with Crippen molar-refractivity contribution in [1.82, 2.24) is 68.1 Å². The van der Waals surface area contributed by atoms with Gasteiger partial charge in [-0.3, -0.25) is 57.3 Å². The molecular formula is C56H88Cl2N14O16S. The van der Waals surface area contributed by atoms with Crippen LogP contribution in [0.5, 0.6) is 0 Å². The highest BCUT2D eigenvalue weighted by molar-refractivity contribution is 7.87. The van der Waals surface area contributed by atoms with Gasteiger partial charge in [0, 0.05) is 32.3 Å². The van der Waals surface area contributed by atoms with E-state index < -0.39 is 177 Å². The van der Waals surface area contributed by atoms with Gasteiger partial charge in [-0.15, -0.1) is 0 Å². The first-order valence-electron chi connectivity index (χ1n) is 29.2. The molecule has 2 aromatic heterocycles. The Bertz CT molecular complexity index is 2940. The van der Waals surface area contributed by atoms with E-state index in [0.717, 1.165) is 27.2 Å². The molecule has 0 bridgehead atoms. The van der Waals surface area contributed by atoms with Crippen LogP contribution >= 0.6 is 23.2 Å². The van der Waals surface area contributed by atoms with Crippen molar-refractivity contribution in [1.29, 1.82) is 0 Å². The molecule has 1 aliphatic carbocycles. The Morgan fingerprint density at radius 1 is 0.697 bits per heavy atom. The highest BCUT2D eigenvalue weighted by Crippen LogP contribution is 2.30. The molecule has 2 aromatic rings. The number of amides is 11. The van der Waals surface area contributed by atoms with Crippen LogP contribution in [0.1, 0.15) is 143 Å². The van der Waals surface area contributed by atoms with E-state index in [-0.39, 0.29) is 46.6 Å². The summed E-state index contributed by atoms with van der Waals surface area (Å²) >= 11 is 12.3. The molecule has 0 aliphatic heterocycles. The second-order valence-electron chi connectivity index (χ2n) is 24.2. The number of aromatic amines is 1. The summed E-state index contributed by atoms with van der Waals surface area (Å²) in [5.74, 6) is -12.7. The van der Waals surface area contributed by atoms with Crippen LogP contribution in [0.2, 0.25) is 10.2 Å². The second-order valence-corrected chi connectivity index (χ2v) is 26.9. The largest absolute Gasteiger partial charge is 0.394 e. The molecule has 16 N–H and O–H groups in total. The van der Waals surface area contributed by atoms with Crippen molar-refractivity contribution in [2.75, 3.05) is 13.7 Å². The van der Waals surface area contributed by atoms with E-state index in [1.165, 1.54) is 38.8 Å². The average molecular weight is 1320 g/mol. The van der Waals surface area contributed by atoms with Crippen LogP contribution in [-0.2, 0) is 64.5 Å². The minimum absolute atomic E-state index is 0.0189. The fourth-order valence-corrected chi connectivity index (χ4v) is 10.4. The van der Waals surface area contributed by atoms with Gasteiger partial charge in [-0.05, 0) is 75.7 Å². The fraction of sp³-hybridized carbons (Fsp3) is 0.661. The van der Waals surface area contributed by atoms with Gasteiger partial charge in [0.25, 0.3) is 16.0 Å². The molecule has 1 aliphatic rings. The first-order chi connectivity index (χ1) is 41.4. The summed E-state index contributed by atoms with van der Waals surface area (Å²) in [7, 11) is -4.00. The van der Waals surface area contributed by atoms with Crippen molar-refractivity contribution in [3.63, 3.8) is 0 Å². The number of nitrogens with zero attached hydrogens (tertiary/aromatic N) is 2. The first-order valence-corrected chi connectivity index (χ1v) is 31.4. The van der Waals surface area contributed by atoms with E-state index >= 15 is 0 Å². The third-order valence-electron chi connectivity index (χ3n) is 15.3. The molecule has 11 amide bonds. The van der Waals surface area contributed by atoms with Crippen LogP contribution in [0.15, 0.2) is 24.8 Å². The number of hydrogen-bond donors (Lipinski definition) is 15. The van der Waals surface area contributed by atoms with Crippen LogP contribution in [0.4, 0.5) is 0 Å². The van der Waals surface area contributed by atoms with Crippen molar-refractivity contribution in [2.45, 2.75) is 199 Å². The molecule has 0 aromatic carbocycles. The highest BCUT2D eigenvalue weighted by Gasteiger charge is 2.49. The Balaban J connectivity index is 2.00. The number of nitrogens with one attached hydrogen (secondary N) is 11. The van der Waals surface area contributed by atoms with E-state index in [1.54, 1.807) is 41.5 Å². The number of pyridine rings is 1. The summed E-state index contributed by atoms with van der Waals surface area (Å²) in [5, 5.41) is 45.2. The standard InChI is InChI=1S/C56H88Cl2N14O16S/c1-12-28(4)39(68-54(85)43(56(9,10)89(86,87)88)72-52(83)41(30-16-14-13-15-17-30)70-53(84)42(55(6,7)8)71-45(76)32-20-21-62-44(58)38(32)57)50(81)69-40(29(5)74)51(82)64-33(18-19-37(59)75)47(78)66-35(23-31-24-61-26-63-31)49(80)65-34(22-27(2)3)48(79)67-36(25-73)46(77)60-11/h20-21,24,26-30,33-36,39-43,73-74H,12-19,22-23,25H2,1-11H3,(H2,59,75)(H,60,77)(H,61,63)(H,64,82)(H,65,80)(H,66,78)(H,67,79)(H,68,85)(H,69,81)(H,70,84)(H,71,76)(H,72,83)(H,86,87,88)/t28-,29+,33-,34+,35-,36-,39-,40-,41-,42+,43+/m0/s1. The number of carbonyl (C=O) groups is 11. The summed E-state index contributed by atoms with van der Waals surface area (Å²) in [6, 6.07) is -13.4. The smallest absolute Gasteiger partial charge is 0.272 e. The number of aliphatic hydroxyl groups excluding tert-OH is 2. The maximum absolute atomic E-state index is 14.8. The van der Waals surface area contributed by atoms with Crippen molar-refractivity contribution >= 4 is 98.3 Å². The average Bonchev–Trinajstić information content (AvgIpc) is 1.20. The third-order valence-corrected chi connectivity index (χ3v) is 17.6. The maximum Gasteiger partial charge on any atom is 0.272 e. The zero-order valence-corrected chi connectivity index (χ0v) is 54.2. The van der Waals surface area contributed by atoms with Crippen LogP contribution in [0.3, 0.4) is 0 Å². The monoisotopic (exact) mass is 1310 g/mol. The number of aromatic nitrogens is 3. The summed E-state index contributed by atoms with van der Waals surface area (Å²) < 4.78 is 34.4. The molecule has 33 heteroatoms. The third kappa shape index (κ3) is 22.4. The van der Waals surface area contributed by atoms with Crippen LogP contribution in [0.25, 0.3) is 0 Å². The van der Waals surface area contributed by atoms with E-state index in [1.807, 2.05) is 0 Å². The molecular weight excluding hydrogens is 1230 g/mol. The number of rotatable bonds is 33. The second kappa shape index (κ2) is 34.2. The van der Waals surface area contributed by atoms with Crippen molar-refractivity contribution in [3.8, 4) is 0 Å². The quantitative estimate of drug-likeness (QED) is 0.0304. The predicted octanol–water partition coefficient (Wildman–Crippen LogP) is -0.899. The predicted molar refractivity (Wildman–Crippen MR) is 325 cm³/mol. The van der Waals surface area contributed by atoms with E-state index in [9.17, 15) is 75.9 Å². The number of H-pyrrole nitrogens is 1. The molecule has 1 saturated carbocycles. The topological polar surface area (TPSA) is 470 Å². The van der Waals surface area contributed by atoms with Gasteiger partial charge in [0.1, 0.15) is 64.3 Å². The van der Waals surface area contributed by atoms with E-state index in [0.29, 0.717) is 25.7 Å². The molecule has 30 nitrogen and oxygen atoms in total. The number of primary amides is 1. The Hall–Kier alpha value is -7.06. The minimum Gasteiger partial charge on any atom is -0.394 e. The summed E-state index contributed by atoms with van der Waals surface area (Å²) in [4.78, 5) is 163. The minimum atomic E-state index is -5.29. The summed E-state index contributed by atoms with van der Waals surface area (Å²) in [6.07, 6.45) is 3.74. The van der Waals surface area contributed by atoms with Gasteiger partial charge >= 0.3 is 0 Å². The number of imidazole rings is 1. The molecule has 498 valence electrons. The molecule has 11 atom stereocenters. The maximum atomic E-state index is 14.8. The lowest BCUT2D eigenvalue weighted by atomic mass is 9.82. The number of hydrogen-bond acceptors (Lipinski definition) is 17. The lowest BCUT2D eigenvalue weighted by Gasteiger charge is -2.37. The lowest BCUT2D eigenvalue weighted by Crippen LogP contribution is -2.67. The molecule has 0 saturated heterocycles. The van der Waals surface area contributed by atoms with Gasteiger partial charge in [0.05, 0.1) is 35.3 Å². The van der Waals surface area contributed by atoms with Crippen molar-refractivity contribution < 1.29 is 75.9 Å². The molecule has 0 spiro atoms. The van der Waals surface area contributed by atoms with Gasteiger partial charge in [-0.1, -0.05) is 97.4 Å². The van der Waals surface area contributed by atoms with Gasteiger partial charge in [0.15, 0.2) is 0 Å². The number of carbonyl (C=O) groups excluding carboxylic acids is 11. The van der Waals surface area contributed by atoms with Gasteiger partial charge in [0.2, 0.25) is 59.1 Å². The number of aliphatic hydroxyl groups is 2. The molecule has 89 heavy (non-hydrogen) atoms. The Kier molecular flexibility index (Phi) is 29.3. The van der Waals surface area contributed by atoms with Crippen molar-refractivity contribution in [2.24, 2.45) is 28.9 Å². The van der Waals surface area contributed by atoms with Crippen LogP contribution in [0, 0.1) is 23.2 Å². The van der Waals surface area contributed by atoms with E-state index in [2.05, 4.69) is 68.1 Å². The normalized spacial score (nSPS) is 16.8. The molecule has 2 heterocycles. The fourth-order valence-electron chi connectivity index (χ4n) is 9.63. The van der Waals surface area contributed by atoms with Crippen LogP contribution < -0.4 is 58.9 Å². The lowest BCUT2D eigenvalue weighted by molar-refractivity contribution is -0.138. The number of likely N-dealkylation sites (N-methyl/N-ethyl adjacent to an activating group) is 1. The highest BCUT2D eigenvalue weighted by atomic mass is 35.5. The Morgan fingerprint density at radius 2 is 1.25 bits per heavy atom. The first kappa shape index (κ1) is 76.2. The van der Waals surface area contributed by atoms with Gasteiger partial charge in [-0.25, -0.2) is 9.97 Å². The number of halogens is 2. The van der Waals surface area contributed by atoms with E-state index in [4.69, 9.17) is 28.9 Å². The molecule has 1 fully saturated rings. The number of nitrogens with two attached hydrogens (primary N) is 1. The Morgan fingerprint density at radius 3 is 1.78 bits per heavy atom. The van der Waals surface area contributed by atoms with Gasteiger partial charge in [-0.2, -0.15) is 8.42 Å².